The Bertz CT molecular complexity index is 255. The van der Waals surface area contributed by atoms with Gasteiger partial charge in [0.05, 0.1) is 5.29 Å². The van der Waals surface area contributed by atoms with Crippen molar-refractivity contribution in [1.29, 1.82) is 0 Å². The smallest absolute Gasteiger partial charge is 0.407 e. The summed E-state index contributed by atoms with van der Waals surface area (Å²) in [7, 11) is 0. The predicted molar refractivity (Wildman–Crippen MR) is 59.8 cm³/mol. The zero-order chi connectivity index (χ0) is 12.2. The zero-order valence-corrected chi connectivity index (χ0v) is 10.0. The van der Waals surface area contributed by atoms with Crippen LogP contribution >= 0.6 is 0 Å². The molecule has 1 aliphatic heterocycles. The molecule has 1 aliphatic rings. The minimum atomic E-state index is -0.477. The topological polar surface area (TPSA) is 71.0 Å². The van der Waals surface area contributed by atoms with Gasteiger partial charge in [0.2, 0.25) is 0 Å². The first-order valence-electron chi connectivity index (χ1n) is 5.48. The van der Waals surface area contributed by atoms with Crippen molar-refractivity contribution in [2.45, 2.75) is 45.3 Å². The molecule has 0 aromatic carbocycles. The summed E-state index contributed by atoms with van der Waals surface area (Å²) < 4.78 is 5.14. The Morgan fingerprint density at radius 2 is 1.94 bits per heavy atom. The molecule has 1 fully saturated rings. The third kappa shape index (κ3) is 4.46. The van der Waals surface area contributed by atoms with Gasteiger partial charge in [-0.1, -0.05) is 0 Å². The van der Waals surface area contributed by atoms with Crippen molar-refractivity contribution in [2.75, 3.05) is 13.1 Å². The van der Waals surface area contributed by atoms with E-state index in [9.17, 15) is 9.70 Å². The van der Waals surface area contributed by atoms with Crippen LogP contribution in [0.1, 0.15) is 33.6 Å². The lowest BCUT2D eigenvalue weighted by Crippen LogP contribution is -2.44. The van der Waals surface area contributed by atoms with E-state index in [1.165, 1.54) is 5.01 Å². The number of nitrogens with one attached hydrogen (secondary N) is 1. The summed E-state index contributed by atoms with van der Waals surface area (Å²) in [6.45, 7) is 6.65. The minimum Gasteiger partial charge on any atom is -0.444 e. The lowest BCUT2D eigenvalue weighted by molar-refractivity contribution is 0.0479. The Morgan fingerprint density at radius 1 is 1.38 bits per heavy atom. The van der Waals surface area contributed by atoms with Crippen molar-refractivity contribution >= 4 is 6.09 Å². The Kier molecular flexibility index (Phi) is 4.09. The number of alkyl carbamates (subject to hydrolysis) is 1. The molecule has 0 atom stereocenters. The monoisotopic (exact) mass is 229 g/mol. The van der Waals surface area contributed by atoms with Gasteiger partial charge in [-0.05, 0) is 33.6 Å². The summed E-state index contributed by atoms with van der Waals surface area (Å²) in [6.07, 6.45) is 1.06. The molecule has 0 unspecified atom stereocenters. The van der Waals surface area contributed by atoms with Crippen molar-refractivity contribution in [3.63, 3.8) is 0 Å². The van der Waals surface area contributed by atoms with Gasteiger partial charge in [-0.3, -0.25) is 5.01 Å². The molecule has 1 rings (SSSR count). The summed E-state index contributed by atoms with van der Waals surface area (Å²) >= 11 is 0. The first-order valence-corrected chi connectivity index (χ1v) is 5.48. The van der Waals surface area contributed by atoms with Crippen molar-refractivity contribution in [3.8, 4) is 0 Å². The van der Waals surface area contributed by atoms with Crippen LogP contribution in [0.3, 0.4) is 0 Å². The molecule has 16 heavy (non-hydrogen) atoms. The van der Waals surface area contributed by atoms with Gasteiger partial charge in [-0.15, -0.1) is 4.91 Å². The third-order valence-electron chi connectivity index (χ3n) is 2.31. The van der Waals surface area contributed by atoms with E-state index < -0.39 is 11.7 Å². The van der Waals surface area contributed by atoms with Crippen molar-refractivity contribution in [1.82, 2.24) is 10.3 Å². The average molecular weight is 229 g/mol. The summed E-state index contributed by atoms with van der Waals surface area (Å²) in [5.74, 6) is 0. The van der Waals surface area contributed by atoms with E-state index in [1.54, 1.807) is 0 Å². The Morgan fingerprint density at radius 3 is 2.38 bits per heavy atom. The van der Waals surface area contributed by atoms with Crippen LogP contribution in [0, 0.1) is 4.91 Å². The lowest BCUT2D eigenvalue weighted by Gasteiger charge is -2.29. The van der Waals surface area contributed by atoms with Crippen LogP contribution in [-0.2, 0) is 4.74 Å². The molecule has 0 aliphatic carbocycles. The Hall–Kier alpha value is -1.33. The van der Waals surface area contributed by atoms with E-state index in [2.05, 4.69) is 10.6 Å². The fourth-order valence-corrected chi connectivity index (χ4v) is 1.57. The molecular formula is C10H19N3O3. The number of nitrogens with zero attached hydrogens (tertiary/aromatic N) is 2. The van der Waals surface area contributed by atoms with Gasteiger partial charge in [0.1, 0.15) is 5.60 Å². The average Bonchev–Trinajstić information content (AvgIpc) is 2.16. The number of hydrogen-bond donors (Lipinski definition) is 1. The number of nitroso groups, excluding NO2 is 1. The molecule has 0 spiro atoms. The molecule has 6 nitrogen and oxygen atoms in total. The van der Waals surface area contributed by atoms with Gasteiger partial charge in [0, 0.05) is 19.1 Å². The summed E-state index contributed by atoms with van der Waals surface area (Å²) in [5.41, 5.74) is -0.477. The van der Waals surface area contributed by atoms with E-state index in [4.69, 9.17) is 4.74 Å². The summed E-state index contributed by atoms with van der Waals surface area (Å²) in [5, 5.41) is 7.11. The van der Waals surface area contributed by atoms with Crippen LogP contribution in [0.5, 0.6) is 0 Å². The van der Waals surface area contributed by atoms with Gasteiger partial charge >= 0.3 is 6.09 Å². The number of hydrogen-bond acceptors (Lipinski definition) is 4. The number of amides is 1. The number of carbonyl (C=O) groups excluding carboxylic acids is 1. The molecule has 92 valence electrons. The molecule has 0 bridgehead atoms. The molecule has 1 amide bonds. The van der Waals surface area contributed by atoms with E-state index in [0.29, 0.717) is 13.1 Å². The maximum Gasteiger partial charge on any atom is 0.407 e. The van der Waals surface area contributed by atoms with Gasteiger partial charge in [0.25, 0.3) is 0 Å². The maximum absolute atomic E-state index is 11.4. The van der Waals surface area contributed by atoms with Crippen molar-refractivity contribution in [2.24, 2.45) is 5.29 Å². The molecule has 1 heterocycles. The highest BCUT2D eigenvalue weighted by Crippen LogP contribution is 2.12. The highest BCUT2D eigenvalue weighted by Gasteiger charge is 2.23. The van der Waals surface area contributed by atoms with Crippen LogP contribution in [0.4, 0.5) is 4.79 Å². The first-order chi connectivity index (χ1) is 7.40. The number of rotatable bonds is 2. The van der Waals surface area contributed by atoms with E-state index in [0.717, 1.165) is 12.8 Å². The summed E-state index contributed by atoms with van der Waals surface area (Å²) in [6, 6.07) is 0.0767. The SMILES string of the molecule is CC(C)(C)OC(=O)NC1CCN(N=O)CC1. The van der Waals surface area contributed by atoms with E-state index in [-0.39, 0.29) is 6.04 Å². The fourth-order valence-electron chi connectivity index (χ4n) is 1.57. The van der Waals surface area contributed by atoms with Crippen LogP contribution in [0.25, 0.3) is 0 Å². The maximum atomic E-state index is 11.4. The quantitative estimate of drug-likeness (QED) is 0.731. The molecule has 1 N–H and O–H groups in total. The van der Waals surface area contributed by atoms with Crippen LogP contribution in [0.2, 0.25) is 0 Å². The number of piperidine rings is 1. The second-order valence-electron chi connectivity index (χ2n) is 4.96. The van der Waals surface area contributed by atoms with Crippen LogP contribution < -0.4 is 5.32 Å². The normalized spacial score (nSPS) is 18.1. The largest absolute Gasteiger partial charge is 0.444 e. The van der Waals surface area contributed by atoms with Crippen molar-refractivity contribution < 1.29 is 9.53 Å². The molecule has 0 saturated carbocycles. The van der Waals surface area contributed by atoms with E-state index >= 15 is 0 Å². The standard InChI is InChI=1S/C10H19N3O3/c1-10(2,3)16-9(14)11-8-4-6-13(12-15)7-5-8/h8H,4-7H2,1-3H3,(H,11,14). The van der Waals surface area contributed by atoms with Gasteiger partial charge in [-0.2, -0.15) is 0 Å². The van der Waals surface area contributed by atoms with Gasteiger partial charge < -0.3 is 10.1 Å². The third-order valence-corrected chi connectivity index (χ3v) is 2.31. The van der Waals surface area contributed by atoms with Crippen LogP contribution in [0.15, 0.2) is 5.29 Å². The zero-order valence-electron chi connectivity index (χ0n) is 10.0. The Balaban J connectivity index is 2.28. The second kappa shape index (κ2) is 5.14. The number of ether oxygens (including phenoxy) is 1. The Labute approximate surface area is 95.3 Å². The van der Waals surface area contributed by atoms with Gasteiger partial charge in [0.15, 0.2) is 0 Å². The van der Waals surface area contributed by atoms with Crippen molar-refractivity contribution in [3.05, 3.63) is 4.91 Å². The first kappa shape index (κ1) is 12.7. The van der Waals surface area contributed by atoms with Gasteiger partial charge in [-0.25, -0.2) is 4.79 Å². The second-order valence-corrected chi connectivity index (χ2v) is 4.96. The van der Waals surface area contributed by atoms with E-state index in [1.807, 2.05) is 20.8 Å². The molecular weight excluding hydrogens is 210 g/mol. The highest BCUT2D eigenvalue weighted by molar-refractivity contribution is 5.68. The highest BCUT2D eigenvalue weighted by atomic mass is 16.6. The fraction of sp³-hybridized carbons (Fsp3) is 0.900. The molecule has 1 saturated heterocycles. The minimum absolute atomic E-state index is 0.0767. The lowest BCUT2D eigenvalue weighted by atomic mass is 10.1. The molecule has 0 radical (unpaired) electrons. The number of carbonyl (C=O) groups is 1. The summed E-state index contributed by atoms with van der Waals surface area (Å²) in [4.78, 5) is 21.7. The molecule has 0 aromatic heterocycles. The van der Waals surface area contributed by atoms with Crippen LogP contribution in [-0.4, -0.2) is 35.8 Å². The predicted octanol–water partition coefficient (Wildman–Crippen LogP) is 1.66. The molecule has 0 aromatic rings. The molecule has 6 heteroatoms.